The fourth-order valence-corrected chi connectivity index (χ4v) is 4.26. The summed E-state index contributed by atoms with van der Waals surface area (Å²) in [4.78, 5) is 24.2. The lowest BCUT2D eigenvalue weighted by Gasteiger charge is -2.34. The Bertz CT molecular complexity index is 538. The summed E-state index contributed by atoms with van der Waals surface area (Å²) in [5, 5.41) is 12.4. The van der Waals surface area contributed by atoms with Crippen LogP contribution in [-0.4, -0.2) is 34.0 Å². The van der Waals surface area contributed by atoms with E-state index >= 15 is 0 Å². The Kier molecular flexibility index (Phi) is 6.10. The minimum atomic E-state index is -1.08. The van der Waals surface area contributed by atoms with E-state index in [0.717, 1.165) is 17.1 Å². The van der Waals surface area contributed by atoms with Crippen molar-refractivity contribution in [2.75, 3.05) is 11.5 Å². The molecular formula is C18H25NO3S. The van der Waals surface area contributed by atoms with Gasteiger partial charge in [-0.1, -0.05) is 44.2 Å². The average Bonchev–Trinajstić information content (AvgIpc) is 2.54. The van der Waals surface area contributed by atoms with Crippen molar-refractivity contribution in [3.05, 3.63) is 35.9 Å². The van der Waals surface area contributed by atoms with Gasteiger partial charge >= 0.3 is 5.97 Å². The number of rotatable bonds is 6. The Morgan fingerprint density at radius 1 is 1.22 bits per heavy atom. The van der Waals surface area contributed by atoms with Crippen LogP contribution in [0.15, 0.2) is 30.3 Å². The summed E-state index contributed by atoms with van der Waals surface area (Å²) in [7, 11) is 0. The van der Waals surface area contributed by atoms with Crippen molar-refractivity contribution >= 4 is 23.6 Å². The van der Waals surface area contributed by atoms with Crippen LogP contribution in [0.4, 0.5) is 0 Å². The van der Waals surface area contributed by atoms with Gasteiger partial charge < -0.3 is 10.4 Å². The van der Waals surface area contributed by atoms with E-state index in [0.29, 0.717) is 25.2 Å². The maximum Gasteiger partial charge on any atom is 0.329 e. The molecule has 0 spiro atoms. The molecule has 2 N–H and O–H groups in total. The number of carbonyl (C=O) groups excluding carboxylic acids is 1. The monoisotopic (exact) mass is 335 g/mol. The Hall–Kier alpha value is -1.49. The number of carboxylic acids is 1. The van der Waals surface area contributed by atoms with E-state index in [1.807, 2.05) is 30.3 Å². The van der Waals surface area contributed by atoms with E-state index in [1.54, 1.807) is 11.8 Å². The number of amides is 1. The number of aliphatic carboxylic acids is 1. The lowest BCUT2D eigenvalue weighted by molar-refractivity contribution is -0.148. The van der Waals surface area contributed by atoms with Gasteiger partial charge in [-0.3, -0.25) is 4.79 Å². The van der Waals surface area contributed by atoms with Gasteiger partial charge in [0.05, 0.1) is 0 Å². The van der Waals surface area contributed by atoms with Crippen LogP contribution in [-0.2, 0) is 9.59 Å². The first kappa shape index (κ1) is 17.9. The maximum atomic E-state index is 12.5. The summed E-state index contributed by atoms with van der Waals surface area (Å²) >= 11 is 1.74. The van der Waals surface area contributed by atoms with Crippen LogP contribution in [0.25, 0.3) is 0 Å². The lowest BCUT2D eigenvalue weighted by atomic mass is 9.84. The number of hydrogen-bond donors (Lipinski definition) is 2. The Labute approximate surface area is 142 Å². The van der Waals surface area contributed by atoms with E-state index in [4.69, 9.17) is 0 Å². The second-order valence-electron chi connectivity index (χ2n) is 6.51. The van der Waals surface area contributed by atoms with E-state index < -0.39 is 11.5 Å². The van der Waals surface area contributed by atoms with Gasteiger partial charge in [0, 0.05) is 6.42 Å². The van der Waals surface area contributed by atoms with Gasteiger partial charge in [-0.2, -0.15) is 11.8 Å². The Balaban J connectivity index is 2.08. The second-order valence-corrected chi connectivity index (χ2v) is 7.74. The number of carbonyl (C=O) groups is 2. The van der Waals surface area contributed by atoms with Crippen molar-refractivity contribution in [1.82, 2.24) is 5.32 Å². The van der Waals surface area contributed by atoms with Gasteiger partial charge in [0.25, 0.3) is 0 Å². The first-order valence-corrected chi connectivity index (χ1v) is 9.27. The quantitative estimate of drug-likeness (QED) is 0.837. The fourth-order valence-electron chi connectivity index (χ4n) is 3.07. The van der Waals surface area contributed by atoms with Crippen LogP contribution in [0.3, 0.4) is 0 Å². The highest BCUT2D eigenvalue weighted by Gasteiger charge is 2.41. The van der Waals surface area contributed by atoms with Gasteiger partial charge in [-0.05, 0) is 41.7 Å². The average molecular weight is 335 g/mol. The van der Waals surface area contributed by atoms with Crippen molar-refractivity contribution in [1.29, 1.82) is 0 Å². The summed E-state index contributed by atoms with van der Waals surface area (Å²) in [6.45, 7) is 4.18. The van der Waals surface area contributed by atoms with E-state index in [1.165, 1.54) is 0 Å². The zero-order chi connectivity index (χ0) is 16.9. The predicted octanol–water partition coefficient (Wildman–Crippen LogP) is 3.28. The highest BCUT2D eigenvalue weighted by Crippen LogP contribution is 2.30. The molecule has 0 aromatic heterocycles. The minimum absolute atomic E-state index is 0.0972. The minimum Gasteiger partial charge on any atom is -0.480 e. The summed E-state index contributed by atoms with van der Waals surface area (Å²) < 4.78 is 0. The molecule has 1 amide bonds. The first-order valence-electron chi connectivity index (χ1n) is 8.12. The van der Waals surface area contributed by atoms with E-state index in [-0.39, 0.29) is 11.8 Å². The number of thioether (sulfide) groups is 1. The standard InChI is InChI=1S/C18H25NO3S/c1-13(2)15(14-6-4-3-5-7-14)12-16(20)19-18(17(21)22)8-10-23-11-9-18/h3-7,13,15H,8-12H2,1-2H3,(H,19,20)(H,21,22). The van der Waals surface area contributed by atoms with Gasteiger partial charge in [-0.15, -0.1) is 0 Å². The third-order valence-corrected chi connectivity index (χ3v) is 5.56. The molecule has 0 radical (unpaired) electrons. The molecule has 1 fully saturated rings. The number of carboxylic acid groups (broad SMARTS) is 1. The molecule has 1 heterocycles. The molecule has 1 unspecified atom stereocenters. The highest BCUT2D eigenvalue weighted by atomic mass is 32.2. The number of hydrogen-bond acceptors (Lipinski definition) is 3. The van der Waals surface area contributed by atoms with Crippen LogP contribution >= 0.6 is 11.8 Å². The zero-order valence-electron chi connectivity index (χ0n) is 13.7. The molecule has 4 nitrogen and oxygen atoms in total. The van der Waals surface area contributed by atoms with Crippen molar-refractivity contribution in [2.24, 2.45) is 5.92 Å². The second kappa shape index (κ2) is 7.86. The molecule has 2 rings (SSSR count). The topological polar surface area (TPSA) is 66.4 Å². The van der Waals surface area contributed by atoms with Crippen LogP contribution in [0.2, 0.25) is 0 Å². The third kappa shape index (κ3) is 4.50. The van der Waals surface area contributed by atoms with Gasteiger partial charge in [-0.25, -0.2) is 4.79 Å². The van der Waals surface area contributed by atoms with Gasteiger partial charge in [0.1, 0.15) is 5.54 Å². The fraction of sp³-hybridized carbons (Fsp3) is 0.556. The summed E-state index contributed by atoms with van der Waals surface area (Å²) in [6.07, 6.45) is 1.32. The third-order valence-electron chi connectivity index (χ3n) is 4.57. The molecule has 0 bridgehead atoms. The molecule has 5 heteroatoms. The van der Waals surface area contributed by atoms with Gasteiger partial charge in [0.15, 0.2) is 0 Å². The van der Waals surface area contributed by atoms with Crippen LogP contribution in [0, 0.1) is 5.92 Å². The summed E-state index contributed by atoms with van der Waals surface area (Å²) in [6, 6.07) is 9.96. The molecule has 126 valence electrons. The van der Waals surface area contributed by atoms with Crippen molar-refractivity contribution < 1.29 is 14.7 Å². The molecule has 1 atom stereocenters. The van der Waals surface area contributed by atoms with Crippen molar-refractivity contribution in [3.8, 4) is 0 Å². The molecule has 1 aliphatic rings. The van der Waals surface area contributed by atoms with E-state index in [9.17, 15) is 14.7 Å². The number of nitrogens with one attached hydrogen (secondary N) is 1. The smallest absolute Gasteiger partial charge is 0.329 e. The van der Waals surface area contributed by atoms with Crippen LogP contribution in [0.1, 0.15) is 44.6 Å². The highest BCUT2D eigenvalue weighted by molar-refractivity contribution is 7.99. The largest absolute Gasteiger partial charge is 0.480 e. The molecule has 1 aromatic rings. The van der Waals surface area contributed by atoms with E-state index in [2.05, 4.69) is 19.2 Å². The molecular weight excluding hydrogens is 310 g/mol. The summed E-state index contributed by atoms with van der Waals surface area (Å²) in [5.74, 6) is 0.886. The van der Waals surface area contributed by atoms with Crippen LogP contribution < -0.4 is 5.32 Å². The summed E-state index contributed by atoms with van der Waals surface area (Å²) in [5.41, 5.74) is 0.0433. The molecule has 23 heavy (non-hydrogen) atoms. The molecule has 1 aliphatic heterocycles. The molecule has 0 aliphatic carbocycles. The first-order chi connectivity index (χ1) is 10.9. The number of benzene rings is 1. The molecule has 1 saturated heterocycles. The molecule has 0 saturated carbocycles. The lowest BCUT2D eigenvalue weighted by Crippen LogP contribution is -2.56. The van der Waals surface area contributed by atoms with Crippen LogP contribution in [0.5, 0.6) is 0 Å². The Morgan fingerprint density at radius 3 is 2.35 bits per heavy atom. The molecule has 1 aromatic carbocycles. The van der Waals surface area contributed by atoms with Gasteiger partial charge in [0.2, 0.25) is 5.91 Å². The van der Waals surface area contributed by atoms with Crippen molar-refractivity contribution in [2.45, 2.75) is 44.6 Å². The van der Waals surface area contributed by atoms with Crippen molar-refractivity contribution in [3.63, 3.8) is 0 Å². The predicted molar refractivity (Wildman–Crippen MR) is 93.7 cm³/mol. The zero-order valence-corrected chi connectivity index (χ0v) is 14.6. The SMILES string of the molecule is CC(C)C(CC(=O)NC1(C(=O)O)CCSCC1)c1ccccc1. The Morgan fingerprint density at radius 2 is 1.83 bits per heavy atom. The maximum absolute atomic E-state index is 12.5. The normalized spacial score (nSPS) is 18.4.